The van der Waals surface area contributed by atoms with Gasteiger partial charge in [-0.05, 0) is 49.7 Å². The number of hydrogen-bond acceptors (Lipinski definition) is 3. The molecule has 1 aromatic heterocycles. The summed E-state index contributed by atoms with van der Waals surface area (Å²) in [5.41, 5.74) is 3.12. The van der Waals surface area contributed by atoms with Gasteiger partial charge in [-0.15, -0.1) is 0 Å². The van der Waals surface area contributed by atoms with Crippen molar-refractivity contribution in [2.75, 3.05) is 12.4 Å². The maximum Gasteiger partial charge on any atom is 0.265 e. The molecule has 0 bridgehead atoms. The molecule has 0 saturated heterocycles. The van der Waals surface area contributed by atoms with Crippen molar-refractivity contribution in [1.82, 2.24) is 4.57 Å². The Morgan fingerprint density at radius 2 is 1.63 bits per heavy atom. The van der Waals surface area contributed by atoms with Gasteiger partial charge in [0.05, 0.1) is 7.11 Å². The van der Waals surface area contributed by atoms with E-state index in [9.17, 15) is 4.79 Å². The minimum absolute atomic E-state index is 0.179. The van der Waals surface area contributed by atoms with Crippen LogP contribution in [-0.2, 0) is 11.3 Å². The minimum Gasteiger partial charge on any atom is -0.493 e. The topological polar surface area (TPSA) is 52.5 Å². The number of rotatable bonds is 7. The fraction of sp³-hybridized carbons (Fsp3) is 0.240. The highest BCUT2D eigenvalue weighted by Gasteiger charge is 2.20. The van der Waals surface area contributed by atoms with Crippen LogP contribution in [0, 0.1) is 0 Å². The smallest absolute Gasteiger partial charge is 0.265 e. The van der Waals surface area contributed by atoms with E-state index in [1.165, 1.54) is 10.9 Å². The summed E-state index contributed by atoms with van der Waals surface area (Å²) >= 11 is 0. The number of amides is 1. The highest BCUT2D eigenvalue weighted by Crippen LogP contribution is 2.31. The third kappa shape index (κ3) is 3.59. The lowest BCUT2D eigenvalue weighted by Gasteiger charge is -2.19. The van der Waals surface area contributed by atoms with Gasteiger partial charge < -0.3 is 19.4 Å². The third-order valence-electron chi connectivity index (χ3n) is 5.36. The first-order chi connectivity index (χ1) is 14.7. The summed E-state index contributed by atoms with van der Waals surface area (Å²) in [6, 6.07) is 21.8. The number of para-hydroxylation sites is 3. The van der Waals surface area contributed by atoms with Gasteiger partial charge in [-0.1, -0.05) is 37.3 Å². The molecule has 0 aliphatic rings. The van der Waals surface area contributed by atoms with E-state index in [2.05, 4.69) is 41.1 Å². The number of nitrogens with one attached hydrogen (secondary N) is 1. The maximum atomic E-state index is 12.9. The zero-order valence-electron chi connectivity index (χ0n) is 17.5. The van der Waals surface area contributed by atoms with Crippen molar-refractivity contribution < 1.29 is 14.3 Å². The van der Waals surface area contributed by atoms with E-state index in [4.69, 9.17) is 9.47 Å². The number of methoxy groups -OCH3 is 1. The molecule has 0 fully saturated rings. The molecule has 1 N–H and O–H groups in total. The van der Waals surface area contributed by atoms with Crippen LogP contribution in [0.5, 0.6) is 11.5 Å². The van der Waals surface area contributed by atoms with E-state index >= 15 is 0 Å². The van der Waals surface area contributed by atoms with Crippen LogP contribution in [-0.4, -0.2) is 23.7 Å². The summed E-state index contributed by atoms with van der Waals surface area (Å²) < 4.78 is 13.6. The molecular weight excluding hydrogens is 376 g/mol. The first-order valence-corrected chi connectivity index (χ1v) is 10.3. The van der Waals surface area contributed by atoms with Crippen LogP contribution < -0.4 is 14.8 Å². The number of hydrogen-bond donors (Lipinski definition) is 1. The van der Waals surface area contributed by atoms with Crippen LogP contribution >= 0.6 is 0 Å². The summed E-state index contributed by atoms with van der Waals surface area (Å²) in [7, 11) is 1.59. The number of benzene rings is 3. The Labute approximate surface area is 176 Å². The predicted molar refractivity (Wildman–Crippen MR) is 121 cm³/mol. The van der Waals surface area contributed by atoms with Crippen molar-refractivity contribution >= 4 is 33.4 Å². The number of aryl methyl sites for hydroxylation is 1. The number of aromatic nitrogens is 1. The number of anilines is 1. The first kappa shape index (κ1) is 19.8. The van der Waals surface area contributed by atoms with Gasteiger partial charge in [0.15, 0.2) is 17.6 Å². The van der Waals surface area contributed by atoms with Crippen molar-refractivity contribution in [3.05, 3.63) is 66.7 Å². The van der Waals surface area contributed by atoms with Gasteiger partial charge in [0.1, 0.15) is 0 Å². The monoisotopic (exact) mass is 402 g/mol. The number of nitrogens with zero attached hydrogens (tertiary/aromatic N) is 1. The molecule has 30 heavy (non-hydrogen) atoms. The number of carbonyl (C=O) groups is 1. The van der Waals surface area contributed by atoms with Gasteiger partial charge in [0.25, 0.3) is 5.91 Å². The van der Waals surface area contributed by atoms with Crippen LogP contribution in [0.4, 0.5) is 5.69 Å². The molecule has 0 aliphatic heterocycles. The Hall–Kier alpha value is -3.47. The van der Waals surface area contributed by atoms with Gasteiger partial charge in [-0.25, -0.2) is 0 Å². The summed E-state index contributed by atoms with van der Waals surface area (Å²) in [5, 5.41) is 5.33. The van der Waals surface area contributed by atoms with Crippen LogP contribution in [0.25, 0.3) is 21.8 Å². The average molecular weight is 402 g/mol. The van der Waals surface area contributed by atoms with Crippen molar-refractivity contribution in [3.8, 4) is 11.5 Å². The van der Waals surface area contributed by atoms with Gasteiger partial charge in [0.2, 0.25) is 0 Å². The SMILES string of the molecule is CC[C@@H](Oc1ccccc1OC)C(=O)Nc1ccc2c(c1)c1ccccc1n2CC. The zero-order valence-corrected chi connectivity index (χ0v) is 17.5. The van der Waals surface area contributed by atoms with Crippen molar-refractivity contribution in [2.45, 2.75) is 32.9 Å². The Kier molecular flexibility index (Phi) is 5.61. The van der Waals surface area contributed by atoms with Gasteiger partial charge in [-0.3, -0.25) is 4.79 Å². The molecule has 154 valence electrons. The van der Waals surface area contributed by atoms with E-state index in [-0.39, 0.29) is 5.91 Å². The van der Waals surface area contributed by atoms with Crippen LogP contribution in [0.1, 0.15) is 20.3 Å². The Morgan fingerprint density at radius 3 is 2.37 bits per heavy atom. The molecule has 0 aliphatic carbocycles. The number of ether oxygens (including phenoxy) is 2. The van der Waals surface area contributed by atoms with Gasteiger partial charge in [0, 0.05) is 34.0 Å². The van der Waals surface area contributed by atoms with E-state index in [1.54, 1.807) is 13.2 Å². The molecule has 3 aromatic carbocycles. The molecule has 4 aromatic rings. The fourth-order valence-electron chi connectivity index (χ4n) is 3.89. The summed E-state index contributed by atoms with van der Waals surface area (Å²) in [6.45, 7) is 4.96. The van der Waals surface area contributed by atoms with Crippen LogP contribution in [0.2, 0.25) is 0 Å². The summed E-state index contributed by atoms with van der Waals surface area (Å²) in [5.74, 6) is 0.989. The molecule has 0 saturated carbocycles. The molecule has 4 rings (SSSR count). The lowest BCUT2D eigenvalue weighted by Crippen LogP contribution is -2.32. The molecule has 1 atom stereocenters. The second kappa shape index (κ2) is 8.49. The summed E-state index contributed by atoms with van der Waals surface area (Å²) in [6.07, 6.45) is -0.0738. The summed E-state index contributed by atoms with van der Waals surface area (Å²) in [4.78, 5) is 12.9. The maximum absolute atomic E-state index is 12.9. The lowest BCUT2D eigenvalue weighted by atomic mass is 10.1. The van der Waals surface area contributed by atoms with E-state index < -0.39 is 6.10 Å². The Morgan fingerprint density at radius 1 is 0.933 bits per heavy atom. The van der Waals surface area contributed by atoms with Crippen LogP contribution in [0.15, 0.2) is 66.7 Å². The molecule has 0 spiro atoms. The van der Waals surface area contributed by atoms with Crippen molar-refractivity contribution in [2.24, 2.45) is 0 Å². The molecule has 0 unspecified atom stereocenters. The van der Waals surface area contributed by atoms with E-state index in [0.717, 1.165) is 23.1 Å². The third-order valence-corrected chi connectivity index (χ3v) is 5.36. The van der Waals surface area contributed by atoms with Crippen LogP contribution in [0.3, 0.4) is 0 Å². The molecule has 0 radical (unpaired) electrons. The highest BCUT2D eigenvalue weighted by molar-refractivity contribution is 6.10. The van der Waals surface area contributed by atoms with Gasteiger partial charge >= 0.3 is 0 Å². The fourth-order valence-corrected chi connectivity index (χ4v) is 3.89. The second-order valence-electron chi connectivity index (χ2n) is 7.15. The molecule has 1 heterocycles. The number of fused-ring (bicyclic) bond motifs is 3. The Bertz CT molecular complexity index is 1200. The number of carbonyl (C=O) groups excluding carboxylic acids is 1. The van der Waals surface area contributed by atoms with E-state index in [0.29, 0.717) is 17.9 Å². The van der Waals surface area contributed by atoms with Crippen molar-refractivity contribution in [3.63, 3.8) is 0 Å². The van der Waals surface area contributed by atoms with E-state index in [1.807, 2.05) is 43.3 Å². The highest BCUT2D eigenvalue weighted by atomic mass is 16.5. The molecular formula is C25H26N2O3. The largest absolute Gasteiger partial charge is 0.493 e. The van der Waals surface area contributed by atoms with Gasteiger partial charge in [-0.2, -0.15) is 0 Å². The first-order valence-electron chi connectivity index (χ1n) is 10.3. The predicted octanol–water partition coefficient (Wildman–Crippen LogP) is 5.62. The zero-order chi connectivity index (χ0) is 21.1. The quantitative estimate of drug-likeness (QED) is 0.437. The standard InChI is InChI=1S/C25H26N2O3/c1-4-22(30-24-13-9-8-12-23(24)29-3)25(28)26-17-14-15-21-19(16-17)18-10-6-7-11-20(18)27(21)5-2/h6-16,22H,4-5H2,1-3H3,(H,26,28)/t22-/m1/s1. The second-order valence-corrected chi connectivity index (χ2v) is 7.15. The lowest BCUT2D eigenvalue weighted by molar-refractivity contribution is -0.122. The normalized spacial score (nSPS) is 12.1. The molecule has 5 heteroatoms. The minimum atomic E-state index is -0.617. The molecule has 1 amide bonds. The van der Waals surface area contributed by atoms with Crippen molar-refractivity contribution in [1.29, 1.82) is 0 Å². The molecule has 5 nitrogen and oxygen atoms in total. The average Bonchev–Trinajstić information content (AvgIpc) is 3.10. The Balaban J connectivity index is 1.61.